The van der Waals surface area contributed by atoms with Crippen molar-refractivity contribution in [3.05, 3.63) is 84.1 Å². The van der Waals surface area contributed by atoms with Crippen LogP contribution in [-0.4, -0.2) is 48.0 Å². The standard InChI is InChI=1S/C25H21N3O4/c1-31-17-12-10-16(11-13-17)22(29)15-32-23(30)14-28-21-9-5-2-6-18(21)24-25(28)27-20-8-4-3-7-19(20)26-24/h2-13,18,21H,14-15H2,1H3/t18-,21+/m1/s1. The molecular formula is C25H21N3O4. The second-order valence-corrected chi connectivity index (χ2v) is 7.65. The van der Waals surface area contributed by atoms with Crippen LogP contribution in [0, 0.1) is 0 Å². The lowest BCUT2D eigenvalue weighted by Crippen LogP contribution is -2.38. The molecule has 0 amide bonds. The summed E-state index contributed by atoms with van der Waals surface area (Å²) in [5.41, 5.74) is 2.90. The molecule has 1 aliphatic carbocycles. The van der Waals surface area contributed by atoms with E-state index in [1.54, 1.807) is 31.4 Å². The molecule has 2 aliphatic rings. The van der Waals surface area contributed by atoms with E-state index in [2.05, 4.69) is 6.08 Å². The van der Waals surface area contributed by atoms with Gasteiger partial charge in [-0.25, -0.2) is 9.97 Å². The molecule has 2 aromatic carbocycles. The number of Topliss-reactive ketones (excluding diaryl/α,β-unsaturated/α-hetero) is 1. The van der Waals surface area contributed by atoms with Gasteiger partial charge in [-0.05, 0) is 36.4 Å². The third-order valence-corrected chi connectivity index (χ3v) is 5.71. The third kappa shape index (κ3) is 3.62. The van der Waals surface area contributed by atoms with E-state index in [1.807, 2.05) is 47.4 Å². The number of hydrogen-bond donors (Lipinski definition) is 0. The molecule has 2 atom stereocenters. The minimum Gasteiger partial charge on any atom is -0.497 e. The number of esters is 1. The lowest BCUT2D eigenvalue weighted by Gasteiger charge is -2.26. The summed E-state index contributed by atoms with van der Waals surface area (Å²) in [4.78, 5) is 36.5. The fraction of sp³-hybridized carbons (Fsp3) is 0.200. The molecular weight excluding hydrogens is 406 g/mol. The molecule has 7 nitrogen and oxygen atoms in total. The Labute approximate surface area is 185 Å². The van der Waals surface area contributed by atoms with Gasteiger partial charge >= 0.3 is 5.97 Å². The third-order valence-electron chi connectivity index (χ3n) is 5.71. The van der Waals surface area contributed by atoms with Gasteiger partial charge in [0.15, 0.2) is 18.2 Å². The fourth-order valence-corrected chi connectivity index (χ4v) is 4.10. The van der Waals surface area contributed by atoms with Crippen LogP contribution >= 0.6 is 0 Å². The Morgan fingerprint density at radius 2 is 1.69 bits per heavy atom. The molecule has 1 aromatic heterocycles. The molecule has 0 unspecified atom stereocenters. The van der Waals surface area contributed by atoms with Gasteiger partial charge in [-0.2, -0.15) is 0 Å². The van der Waals surface area contributed by atoms with Gasteiger partial charge < -0.3 is 14.4 Å². The molecule has 0 saturated heterocycles. The van der Waals surface area contributed by atoms with E-state index >= 15 is 0 Å². The summed E-state index contributed by atoms with van der Waals surface area (Å²) in [5, 5.41) is 0. The number of carbonyl (C=O) groups excluding carboxylic acids is 2. The summed E-state index contributed by atoms with van der Waals surface area (Å²) in [6.45, 7) is -0.339. The topological polar surface area (TPSA) is 81.6 Å². The van der Waals surface area contributed by atoms with Crippen molar-refractivity contribution in [1.82, 2.24) is 9.97 Å². The number of anilines is 1. The molecule has 7 heteroatoms. The maximum atomic E-state index is 12.7. The lowest BCUT2D eigenvalue weighted by atomic mass is 9.95. The van der Waals surface area contributed by atoms with Crippen LogP contribution in [0.5, 0.6) is 5.75 Å². The zero-order chi connectivity index (χ0) is 22.1. The maximum absolute atomic E-state index is 12.7. The van der Waals surface area contributed by atoms with Crippen molar-refractivity contribution in [1.29, 1.82) is 0 Å². The molecule has 2 heterocycles. The normalized spacial score (nSPS) is 18.3. The van der Waals surface area contributed by atoms with E-state index in [-0.39, 0.29) is 30.9 Å². The monoisotopic (exact) mass is 427 g/mol. The van der Waals surface area contributed by atoms with E-state index in [9.17, 15) is 9.59 Å². The zero-order valence-electron chi connectivity index (χ0n) is 17.5. The highest BCUT2D eigenvalue weighted by Crippen LogP contribution is 2.42. The molecule has 0 bridgehead atoms. The number of aromatic nitrogens is 2. The molecule has 160 valence electrons. The smallest absolute Gasteiger partial charge is 0.326 e. The zero-order valence-corrected chi connectivity index (χ0v) is 17.5. The van der Waals surface area contributed by atoms with Crippen LogP contribution < -0.4 is 9.64 Å². The average Bonchev–Trinajstić information content (AvgIpc) is 3.13. The largest absolute Gasteiger partial charge is 0.497 e. The van der Waals surface area contributed by atoms with Gasteiger partial charge in [0.2, 0.25) is 0 Å². The van der Waals surface area contributed by atoms with Gasteiger partial charge in [0, 0.05) is 11.5 Å². The van der Waals surface area contributed by atoms with E-state index < -0.39 is 5.97 Å². The molecule has 0 radical (unpaired) electrons. The van der Waals surface area contributed by atoms with E-state index in [4.69, 9.17) is 19.4 Å². The minimum absolute atomic E-state index is 0.0147. The van der Waals surface area contributed by atoms with Crippen molar-refractivity contribution >= 4 is 28.6 Å². The predicted octanol–water partition coefficient (Wildman–Crippen LogP) is 3.46. The quantitative estimate of drug-likeness (QED) is 0.440. The fourth-order valence-electron chi connectivity index (χ4n) is 4.10. The van der Waals surface area contributed by atoms with Gasteiger partial charge in [-0.3, -0.25) is 9.59 Å². The molecule has 32 heavy (non-hydrogen) atoms. The van der Waals surface area contributed by atoms with Gasteiger partial charge in [-0.1, -0.05) is 36.4 Å². The molecule has 0 fully saturated rings. The Morgan fingerprint density at radius 3 is 2.44 bits per heavy atom. The number of ketones is 1. The first-order chi connectivity index (χ1) is 15.6. The highest BCUT2D eigenvalue weighted by molar-refractivity contribution is 5.98. The maximum Gasteiger partial charge on any atom is 0.326 e. The Bertz CT molecular complexity index is 1250. The highest BCUT2D eigenvalue weighted by Gasteiger charge is 2.40. The van der Waals surface area contributed by atoms with Crippen LogP contribution in [0.2, 0.25) is 0 Å². The lowest BCUT2D eigenvalue weighted by molar-refractivity contribution is -0.140. The average molecular weight is 427 g/mol. The van der Waals surface area contributed by atoms with Crippen LogP contribution in [0.3, 0.4) is 0 Å². The minimum atomic E-state index is -0.489. The number of ether oxygens (including phenoxy) is 2. The van der Waals surface area contributed by atoms with Crippen LogP contribution in [-0.2, 0) is 9.53 Å². The molecule has 5 rings (SSSR count). The van der Waals surface area contributed by atoms with Gasteiger partial charge in [0.25, 0.3) is 0 Å². The van der Waals surface area contributed by atoms with Crippen LogP contribution in [0.15, 0.2) is 72.8 Å². The Morgan fingerprint density at radius 1 is 0.969 bits per heavy atom. The van der Waals surface area contributed by atoms with Gasteiger partial charge in [-0.15, -0.1) is 0 Å². The summed E-state index contributed by atoms with van der Waals surface area (Å²) in [6.07, 6.45) is 8.05. The van der Waals surface area contributed by atoms with Crippen molar-refractivity contribution in [2.75, 3.05) is 25.2 Å². The Balaban J connectivity index is 1.32. The molecule has 0 saturated carbocycles. The van der Waals surface area contributed by atoms with Crippen molar-refractivity contribution in [2.45, 2.75) is 12.0 Å². The first-order valence-electron chi connectivity index (χ1n) is 10.4. The first-order valence-corrected chi connectivity index (χ1v) is 10.4. The van der Waals surface area contributed by atoms with Crippen molar-refractivity contribution < 1.29 is 19.1 Å². The number of benzene rings is 2. The summed E-state index contributed by atoms with van der Waals surface area (Å²) >= 11 is 0. The predicted molar refractivity (Wildman–Crippen MR) is 120 cm³/mol. The summed E-state index contributed by atoms with van der Waals surface area (Å²) in [7, 11) is 1.56. The number of para-hydroxylation sites is 2. The van der Waals surface area contributed by atoms with Crippen molar-refractivity contribution in [3.8, 4) is 5.75 Å². The summed E-state index contributed by atoms with van der Waals surface area (Å²) < 4.78 is 10.4. The van der Waals surface area contributed by atoms with Crippen molar-refractivity contribution in [3.63, 3.8) is 0 Å². The SMILES string of the molecule is COc1ccc(C(=O)COC(=O)CN2c3nc4ccccc4nc3[C@@H]3C=CC=C[C@@H]32)cc1. The van der Waals surface area contributed by atoms with E-state index in [0.29, 0.717) is 17.1 Å². The van der Waals surface area contributed by atoms with Crippen LogP contribution in [0.1, 0.15) is 22.0 Å². The number of hydrogen-bond acceptors (Lipinski definition) is 7. The highest BCUT2D eigenvalue weighted by atomic mass is 16.5. The number of carbonyl (C=O) groups is 2. The Kier molecular flexibility index (Phi) is 5.15. The second-order valence-electron chi connectivity index (χ2n) is 7.65. The first kappa shape index (κ1) is 19.9. The van der Waals surface area contributed by atoms with Gasteiger partial charge in [0.1, 0.15) is 12.3 Å². The number of methoxy groups -OCH3 is 1. The van der Waals surface area contributed by atoms with E-state index in [0.717, 1.165) is 16.7 Å². The van der Waals surface area contributed by atoms with E-state index in [1.165, 1.54) is 0 Å². The van der Waals surface area contributed by atoms with Gasteiger partial charge in [0.05, 0.1) is 29.9 Å². The van der Waals surface area contributed by atoms with Crippen molar-refractivity contribution in [2.24, 2.45) is 0 Å². The van der Waals surface area contributed by atoms with Crippen LogP contribution in [0.25, 0.3) is 11.0 Å². The number of allylic oxidation sites excluding steroid dienone is 2. The molecule has 3 aromatic rings. The summed E-state index contributed by atoms with van der Waals surface area (Å²) in [6, 6.07) is 14.3. The number of rotatable bonds is 6. The molecule has 0 spiro atoms. The number of nitrogens with zero attached hydrogens (tertiary/aromatic N) is 3. The Hall–Kier alpha value is -4.00. The second kappa shape index (κ2) is 8.26. The van der Waals surface area contributed by atoms with Crippen LogP contribution in [0.4, 0.5) is 5.82 Å². The summed E-state index contributed by atoms with van der Waals surface area (Å²) in [5.74, 6) is 0.585. The number of fused-ring (bicyclic) bond motifs is 4. The molecule has 0 N–H and O–H groups in total. The molecule has 1 aliphatic heterocycles.